The van der Waals surface area contributed by atoms with Gasteiger partial charge in [0.05, 0.1) is 0 Å². The fourth-order valence-electron chi connectivity index (χ4n) is 2.45. The van der Waals surface area contributed by atoms with E-state index in [1.54, 1.807) is 0 Å². The van der Waals surface area contributed by atoms with E-state index in [4.69, 9.17) is 4.42 Å². The lowest BCUT2D eigenvalue weighted by molar-refractivity contribution is 0.669. The van der Waals surface area contributed by atoms with E-state index < -0.39 is 16.1 Å². The summed E-state index contributed by atoms with van der Waals surface area (Å²) in [5.41, 5.74) is 10.8. The van der Waals surface area contributed by atoms with Crippen LogP contribution in [0.15, 0.2) is 40.8 Å². The van der Waals surface area contributed by atoms with Crippen molar-refractivity contribution in [2.75, 3.05) is 0 Å². The van der Waals surface area contributed by atoms with Gasteiger partial charge in [-0.15, -0.1) is 11.1 Å². The fraction of sp³-hybridized carbons (Fsp3) is 0.273. The van der Waals surface area contributed by atoms with Crippen molar-refractivity contribution in [2.24, 2.45) is 0 Å². The van der Waals surface area contributed by atoms with Gasteiger partial charge < -0.3 is 4.42 Å². The summed E-state index contributed by atoms with van der Waals surface area (Å²) in [5.74, 6) is 6.68. The first-order valence-electron chi connectivity index (χ1n) is 8.63. The first-order valence-corrected chi connectivity index (χ1v) is 15.6. The van der Waals surface area contributed by atoms with Gasteiger partial charge in [0.1, 0.15) is 27.3 Å². The zero-order chi connectivity index (χ0) is 18.2. The van der Waals surface area contributed by atoms with Gasteiger partial charge in [-0.25, -0.2) is 0 Å². The lowest BCUT2D eigenvalue weighted by Gasteiger charge is -2.03. The second-order valence-electron chi connectivity index (χ2n) is 8.52. The average Bonchev–Trinajstić information content (AvgIpc) is 2.87. The van der Waals surface area contributed by atoms with Gasteiger partial charge in [-0.1, -0.05) is 51.1 Å². The molecular weight excluding hydrogens is 336 g/mol. The van der Waals surface area contributed by atoms with Crippen LogP contribution in [0.25, 0.3) is 21.9 Å². The van der Waals surface area contributed by atoms with Crippen molar-refractivity contribution in [1.82, 2.24) is 0 Å². The number of benzene rings is 2. The largest absolute Gasteiger partial charge is 0.456 e. The van der Waals surface area contributed by atoms with Crippen molar-refractivity contribution >= 4 is 38.1 Å². The van der Waals surface area contributed by atoms with Crippen molar-refractivity contribution in [2.45, 2.75) is 39.3 Å². The van der Waals surface area contributed by atoms with E-state index in [-0.39, 0.29) is 0 Å². The average molecular weight is 361 g/mol. The maximum absolute atomic E-state index is 5.97. The van der Waals surface area contributed by atoms with Crippen LogP contribution in [0.2, 0.25) is 39.3 Å². The number of rotatable bonds is 0. The molecule has 0 saturated heterocycles. The monoisotopic (exact) mass is 360 g/mol. The van der Waals surface area contributed by atoms with Gasteiger partial charge in [0, 0.05) is 21.9 Å². The van der Waals surface area contributed by atoms with Gasteiger partial charge >= 0.3 is 0 Å². The van der Waals surface area contributed by atoms with Crippen LogP contribution in [0.4, 0.5) is 0 Å². The fourth-order valence-corrected chi connectivity index (χ4v) is 3.49. The third kappa shape index (κ3) is 4.45. The normalized spacial score (nSPS) is 11.8. The van der Waals surface area contributed by atoms with Gasteiger partial charge in [-0.05, 0) is 36.4 Å². The van der Waals surface area contributed by atoms with Crippen LogP contribution in [0.3, 0.4) is 0 Å². The molecule has 0 aliphatic heterocycles. The van der Waals surface area contributed by atoms with Crippen LogP contribution in [-0.2, 0) is 0 Å². The number of fused-ring (bicyclic) bond motifs is 3. The zero-order valence-electron chi connectivity index (χ0n) is 15.9. The van der Waals surface area contributed by atoms with Crippen molar-refractivity contribution in [3.63, 3.8) is 0 Å². The standard InChI is InChI=1S/C22H24OSi2/c1-24(2,3)13-11-17-7-9-21-19(15-17)20-16-18(8-10-22(20)23-21)12-14-25(4,5)6/h7-10,15-16H,1-6H3. The minimum Gasteiger partial charge on any atom is -0.456 e. The summed E-state index contributed by atoms with van der Waals surface area (Å²) in [4.78, 5) is 0. The molecule has 0 fully saturated rings. The lowest BCUT2D eigenvalue weighted by atomic mass is 10.1. The molecule has 0 N–H and O–H groups in total. The molecule has 1 heterocycles. The molecule has 0 aliphatic rings. The molecule has 0 bridgehead atoms. The molecule has 3 heteroatoms. The number of hydrogen-bond acceptors (Lipinski definition) is 1. The first-order chi connectivity index (χ1) is 11.6. The highest BCUT2D eigenvalue weighted by Crippen LogP contribution is 2.30. The highest BCUT2D eigenvalue weighted by atomic mass is 28.3. The van der Waals surface area contributed by atoms with Gasteiger partial charge in [0.2, 0.25) is 0 Å². The van der Waals surface area contributed by atoms with Crippen molar-refractivity contribution < 1.29 is 4.42 Å². The number of furan rings is 1. The molecule has 3 rings (SSSR count). The Morgan fingerprint density at radius 3 is 1.40 bits per heavy atom. The molecule has 1 aromatic heterocycles. The molecule has 0 aliphatic carbocycles. The Morgan fingerprint density at radius 1 is 0.640 bits per heavy atom. The van der Waals surface area contributed by atoms with Crippen LogP contribution >= 0.6 is 0 Å². The Kier molecular flexibility index (Phi) is 4.41. The van der Waals surface area contributed by atoms with E-state index in [9.17, 15) is 0 Å². The van der Waals surface area contributed by atoms with Crippen molar-refractivity contribution in [3.05, 3.63) is 47.5 Å². The molecule has 0 spiro atoms. The second-order valence-corrected chi connectivity index (χ2v) is 18.0. The Hall–Kier alpha value is -2.21. The summed E-state index contributed by atoms with van der Waals surface area (Å²) in [5, 5.41) is 2.24. The topological polar surface area (TPSA) is 13.1 Å². The molecular formula is C22H24OSi2. The summed E-state index contributed by atoms with van der Waals surface area (Å²) in [6.45, 7) is 13.6. The third-order valence-corrected chi connectivity index (χ3v) is 5.38. The van der Waals surface area contributed by atoms with Crippen LogP contribution in [0.5, 0.6) is 0 Å². The first kappa shape index (κ1) is 17.6. The SMILES string of the molecule is C[Si](C)(C)C#Cc1ccc2oc3ccc(C#C[Si](C)(C)C)cc3c2c1. The summed E-state index contributed by atoms with van der Waals surface area (Å²) in [7, 11) is -2.76. The Balaban J connectivity index is 2.12. The maximum Gasteiger partial charge on any atom is 0.135 e. The Labute approximate surface area is 152 Å². The molecule has 0 amide bonds. The molecule has 0 saturated carbocycles. The quantitative estimate of drug-likeness (QED) is 0.352. The van der Waals surface area contributed by atoms with Crippen LogP contribution < -0.4 is 0 Å². The van der Waals surface area contributed by atoms with Crippen LogP contribution in [0.1, 0.15) is 11.1 Å². The van der Waals surface area contributed by atoms with E-state index in [1.807, 2.05) is 24.3 Å². The van der Waals surface area contributed by atoms with E-state index in [1.165, 1.54) is 0 Å². The Morgan fingerprint density at radius 2 is 1.04 bits per heavy atom. The van der Waals surface area contributed by atoms with Crippen LogP contribution in [0, 0.1) is 22.9 Å². The van der Waals surface area contributed by atoms with Gasteiger partial charge in [0.25, 0.3) is 0 Å². The molecule has 0 unspecified atom stereocenters. The summed E-state index contributed by atoms with van der Waals surface area (Å²) >= 11 is 0. The number of hydrogen-bond donors (Lipinski definition) is 0. The van der Waals surface area contributed by atoms with E-state index in [0.717, 1.165) is 33.1 Å². The highest BCUT2D eigenvalue weighted by Gasteiger charge is 2.10. The molecule has 2 aromatic carbocycles. The van der Waals surface area contributed by atoms with Crippen molar-refractivity contribution in [1.29, 1.82) is 0 Å². The Bertz CT molecular complexity index is 982. The molecule has 25 heavy (non-hydrogen) atoms. The lowest BCUT2D eigenvalue weighted by Crippen LogP contribution is -2.16. The smallest absolute Gasteiger partial charge is 0.135 e. The summed E-state index contributed by atoms with van der Waals surface area (Å²) in [6.07, 6.45) is 0. The minimum atomic E-state index is -1.38. The molecule has 126 valence electrons. The molecule has 1 nitrogen and oxygen atoms in total. The third-order valence-electron chi connectivity index (χ3n) is 3.63. The van der Waals surface area contributed by atoms with Gasteiger partial charge in [-0.2, -0.15) is 0 Å². The van der Waals surface area contributed by atoms with E-state index in [2.05, 4.69) is 74.3 Å². The van der Waals surface area contributed by atoms with E-state index >= 15 is 0 Å². The predicted molar refractivity (Wildman–Crippen MR) is 114 cm³/mol. The zero-order valence-corrected chi connectivity index (χ0v) is 17.9. The predicted octanol–water partition coefficient (Wildman–Crippen LogP) is 6.04. The molecule has 0 radical (unpaired) electrons. The van der Waals surface area contributed by atoms with Crippen LogP contribution in [-0.4, -0.2) is 16.1 Å². The molecule has 0 atom stereocenters. The summed E-state index contributed by atoms with van der Waals surface area (Å²) < 4.78 is 5.97. The van der Waals surface area contributed by atoms with Gasteiger partial charge in [0.15, 0.2) is 0 Å². The second kappa shape index (κ2) is 6.26. The maximum atomic E-state index is 5.97. The minimum absolute atomic E-state index is 0.906. The van der Waals surface area contributed by atoms with E-state index in [0.29, 0.717) is 0 Å². The van der Waals surface area contributed by atoms with Gasteiger partial charge in [-0.3, -0.25) is 0 Å². The van der Waals surface area contributed by atoms with Crippen molar-refractivity contribution in [3.8, 4) is 22.9 Å². The summed E-state index contributed by atoms with van der Waals surface area (Å²) in [6, 6.07) is 12.4. The molecule has 3 aromatic rings. The highest BCUT2D eigenvalue weighted by molar-refractivity contribution is 6.84.